The minimum Gasteiger partial charge on any atom is -0.433 e. The van der Waals surface area contributed by atoms with E-state index in [-0.39, 0.29) is 31.9 Å². The highest BCUT2D eigenvalue weighted by Gasteiger charge is 2.48. The van der Waals surface area contributed by atoms with Crippen LogP contribution in [0.3, 0.4) is 0 Å². The zero-order chi connectivity index (χ0) is 28.2. The molecule has 0 aliphatic carbocycles. The van der Waals surface area contributed by atoms with Crippen LogP contribution in [-0.2, 0) is 35.3 Å². The van der Waals surface area contributed by atoms with E-state index in [1.165, 1.54) is 10.0 Å². The van der Waals surface area contributed by atoms with Gasteiger partial charge in [0.25, 0.3) is 11.8 Å². The van der Waals surface area contributed by atoms with Crippen molar-refractivity contribution in [1.29, 1.82) is 0 Å². The average Bonchev–Trinajstić information content (AvgIpc) is 3.29. The number of nitrogens with zero attached hydrogens (tertiary/aromatic N) is 2. The first kappa shape index (κ1) is 27.3. The summed E-state index contributed by atoms with van der Waals surface area (Å²) in [7, 11) is 0. The Hall–Kier alpha value is -4.25. The number of nitrogens with one attached hydrogen (secondary N) is 2. The quantitative estimate of drug-likeness (QED) is 0.501. The van der Waals surface area contributed by atoms with E-state index in [1.54, 1.807) is 37.3 Å². The van der Waals surface area contributed by atoms with Crippen LogP contribution in [0.2, 0.25) is 0 Å². The number of cyclic esters (lactones) is 1. The minimum atomic E-state index is -1.01. The van der Waals surface area contributed by atoms with Gasteiger partial charge >= 0.3 is 5.97 Å². The van der Waals surface area contributed by atoms with Gasteiger partial charge in [-0.2, -0.15) is 0 Å². The van der Waals surface area contributed by atoms with Crippen LogP contribution in [0.1, 0.15) is 48.5 Å². The van der Waals surface area contributed by atoms with Gasteiger partial charge in [0.05, 0.1) is 13.0 Å². The van der Waals surface area contributed by atoms with Crippen molar-refractivity contribution in [2.75, 3.05) is 6.54 Å². The Kier molecular flexibility index (Phi) is 8.11. The summed E-state index contributed by atoms with van der Waals surface area (Å²) >= 11 is 0. The molecule has 0 aromatic heterocycles. The van der Waals surface area contributed by atoms with Gasteiger partial charge in [-0.1, -0.05) is 55.5 Å². The molecule has 2 N–H and O–H groups in total. The van der Waals surface area contributed by atoms with Gasteiger partial charge in [-0.25, -0.2) is 5.01 Å². The number of fused-ring (bicyclic) bond motifs is 1. The molecule has 11 heteroatoms. The zero-order valence-corrected chi connectivity index (χ0v) is 22.2. The van der Waals surface area contributed by atoms with E-state index in [1.807, 2.05) is 30.3 Å². The molecular weight excluding hydrogens is 516 g/mol. The second kappa shape index (κ2) is 11.9. The Bertz CT molecular complexity index is 1270. The monoisotopic (exact) mass is 548 g/mol. The minimum absolute atomic E-state index is 0.0384. The number of carbonyl (C=O) groups is 5. The Morgan fingerprint density at radius 1 is 0.975 bits per heavy atom. The molecule has 0 saturated carbocycles. The molecule has 2 unspecified atom stereocenters. The normalized spacial score (nSPS) is 26.5. The Labute approximate surface area is 231 Å². The molecule has 2 aromatic rings. The first-order valence-electron chi connectivity index (χ1n) is 13.5. The van der Waals surface area contributed by atoms with Gasteiger partial charge in [0.2, 0.25) is 18.1 Å². The third-order valence-electron chi connectivity index (χ3n) is 7.42. The predicted molar refractivity (Wildman–Crippen MR) is 141 cm³/mol. The lowest BCUT2D eigenvalue weighted by Crippen LogP contribution is -2.64. The molecular formula is C29H32N4O7. The molecule has 5 rings (SSSR count). The van der Waals surface area contributed by atoms with Crippen molar-refractivity contribution in [3.8, 4) is 0 Å². The summed E-state index contributed by atoms with van der Waals surface area (Å²) in [5.41, 5.74) is 1.26. The number of esters is 1. The highest BCUT2D eigenvalue weighted by Crippen LogP contribution is 2.28. The molecule has 40 heavy (non-hydrogen) atoms. The van der Waals surface area contributed by atoms with Crippen LogP contribution in [0.5, 0.6) is 0 Å². The molecule has 3 fully saturated rings. The van der Waals surface area contributed by atoms with Crippen LogP contribution in [-0.4, -0.2) is 70.6 Å². The number of hydrazine groups is 1. The number of hydrogen-bond donors (Lipinski definition) is 2. The third kappa shape index (κ3) is 5.84. The van der Waals surface area contributed by atoms with Gasteiger partial charge in [-0.05, 0) is 36.5 Å². The maximum atomic E-state index is 13.9. The van der Waals surface area contributed by atoms with E-state index in [0.29, 0.717) is 18.4 Å². The second-order valence-corrected chi connectivity index (χ2v) is 10.3. The Balaban J connectivity index is 1.31. The number of ether oxygens (including phenoxy) is 2. The molecule has 0 spiro atoms. The Morgan fingerprint density at radius 2 is 1.68 bits per heavy atom. The van der Waals surface area contributed by atoms with Crippen LogP contribution < -0.4 is 10.6 Å². The molecule has 2 aromatic carbocycles. The summed E-state index contributed by atoms with van der Waals surface area (Å²) in [5.74, 6) is -2.78. The highest BCUT2D eigenvalue weighted by molar-refractivity contribution is 6.00. The number of amides is 4. The average molecular weight is 549 g/mol. The van der Waals surface area contributed by atoms with Crippen molar-refractivity contribution >= 4 is 29.6 Å². The van der Waals surface area contributed by atoms with Gasteiger partial charge in [0, 0.05) is 18.5 Å². The van der Waals surface area contributed by atoms with Crippen LogP contribution in [0.15, 0.2) is 60.7 Å². The first-order chi connectivity index (χ1) is 19.3. The summed E-state index contributed by atoms with van der Waals surface area (Å²) < 4.78 is 11.1. The van der Waals surface area contributed by atoms with E-state index < -0.39 is 54.0 Å². The lowest BCUT2D eigenvalue weighted by Gasteiger charge is -2.43. The zero-order valence-electron chi connectivity index (χ0n) is 22.2. The lowest BCUT2D eigenvalue weighted by atomic mass is 9.96. The SMILES string of the molecule is C[C@H]1CC(=O)N2CCC[C@@H](C(=O)N[C@H]3CC(=O)OC3OCc3ccccc3)N2C(=O)C1NC(=O)c1ccccc1. The van der Waals surface area contributed by atoms with Crippen LogP contribution in [0, 0.1) is 5.92 Å². The smallest absolute Gasteiger partial charge is 0.310 e. The van der Waals surface area contributed by atoms with E-state index >= 15 is 0 Å². The van der Waals surface area contributed by atoms with Gasteiger partial charge in [0.1, 0.15) is 18.1 Å². The topological polar surface area (TPSA) is 134 Å². The molecule has 5 atom stereocenters. The largest absolute Gasteiger partial charge is 0.433 e. The van der Waals surface area contributed by atoms with Crippen LogP contribution >= 0.6 is 0 Å². The van der Waals surface area contributed by atoms with Gasteiger partial charge in [-0.3, -0.25) is 29.0 Å². The summed E-state index contributed by atoms with van der Waals surface area (Å²) in [4.78, 5) is 65.6. The van der Waals surface area contributed by atoms with Crippen molar-refractivity contribution in [1.82, 2.24) is 20.7 Å². The van der Waals surface area contributed by atoms with Crippen molar-refractivity contribution in [3.63, 3.8) is 0 Å². The number of benzene rings is 2. The highest BCUT2D eigenvalue weighted by atomic mass is 16.7. The van der Waals surface area contributed by atoms with E-state index in [2.05, 4.69) is 10.6 Å². The van der Waals surface area contributed by atoms with Gasteiger partial charge in [0.15, 0.2) is 0 Å². The molecule has 3 saturated heterocycles. The molecule has 3 aliphatic rings. The summed E-state index contributed by atoms with van der Waals surface area (Å²) in [6.45, 7) is 2.20. The van der Waals surface area contributed by atoms with Gasteiger partial charge in [-0.15, -0.1) is 0 Å². The molecule has 0 bridgehead atoms. The molecule has 4 amide bonds. The van der Waals surface area contributed by atoms with Crippen molar-refractivity contribution < 1.29 is 33.4 Å². The number of rotatable bonds is 7. The van der Waals surface area contributed by atoms with Crippen molar-refractivity contribution in [2.24, 2.45) is 5.92 Å². The Morgan fingerprint density at radius 3 is 2.40 bits per heavy atom. The number of carbonyl (C=O) groups excluding carboxylic acids is 5. The van der Waals surface area contributed by atoms with Crippen molar-refractivity contribution in [2.45, 2.75) is 63.6 Å². The molecule has 0 radical (unpaired) electrons. The first-order valence-corrected chi connectivity index (χ1v) is 13.5. The van der Waals surface area contributed by atoms with E-state index in [0.717, 1.165) is 5.56 Å². The molecule has 3 aliphatic heterocycles. The summed E-state index contributed by atoms with van der Waals surface area (Å²) in [5, 5.41) is 8.11. The standard InChI is InChI=1S/C29H32N4O7/c1-18-15-23(34)32-14-8-13-22(33(32)28(38)25(18)31-26(36)20-11-6-3-7-12-20)27(37)30-21-16-24(35)40-29(21)39-17-19-9-4-2-5-10-19/h2-7,9-12,18,21-22,25,29H,8,13-17H2,1H3,(H,30,37)(H,31,36)/t18-,21-,22-,25?,29?/m0/s1. The molecule has 11 nitrogen and oxygen atoms in total. The van der Waals surface area contributed by atoms with Crippen LogP contribution in [0.4, 0.5) is 0 Å². The second-order valence-electron chi connectivity index (χ2n) is 10.3. The molecule has 3 heterocycles. The molecule has 210 valence electrons. The summed E-state index contributed by atoms with van der Waals surface area (Å²) in [6.07, 6.45) is -0.211. The maximum absolute atomic E-state index is 13.9. The van der Waals surface area contributed by atoms with E-state index in [9.17, 15) is 24.0 Å². The fraction of sp³-hybridized carbons (Fsp3) is 0.414. The van der Waals surface area contributed by atoms with Crippen molar-refractivity contribution in [3.05, 3.63) is 71.8 Å². The fourth-order valence-corrected chi connectivity index (χ4v) is 5.33. The predicted octanol–water partition coefficient (Wildman–Crippen LogP) is 1.53. The van der Waals surface area contributed by atoms with Crippen LogP contribution in [0.25, 0.3) is 0 Å². The summed E-state index contributed by atoms with van der Waals surface area (Å²) in [6, 6.07) is 15.1. The third-order valence-corrected chi connectivity index (χ3v) is 7.42. The lowest BCUT2D eigenvalue weighted by molar-refractivity contribution is -0.177. The number of hydrogen-bond acceptors (Lipinski definition) is 7. The maximum Gasteiger partial charge on any atom is 0.310 e. The fourth-order valence-electron chi connectivity index (χ4n) is 5.33. The van der Waals surface area contributed by atoms with E-state index in [4.69, 9.17) is 9.47 Å². The van der Waals surface area contributed by atoms with Gasteiger partial charge < -0.3 is 20.1 Å².